The van der Waals surface area contributed by atoms with Crippen LogP contribution in [0, 0.1) is 0 Å². The molecule has 0 spiro atoms. The van der Waals surface area contributed by atoms with Crippen LogP contribution in [0.4, 0.5) is 26.3 Å². The Bertz CT molecular complexity index is 1230. The second-order valence-corrected chi connectivity index (χ2v) is 6.80. The number of hydrogen-bond acceptors (Lipinski definition) is 4. The molecular weight excluding hydrogens is 450 g/mol. The zero-order chi connectivity index (χ0) is 22.4. The fourth-order valence-corrected chi connectivity index (χ4v) is 2.93. The van der Waals surface area contributed by atoms with Gasteiger partial charge in [0, 0.05) is 16.1 Å². The fraction of sp³-hybridized carbons (Fsp3) is 0.100. The van der Waals surface area contributed by atoms with Gasteiger partial charge < -0.3 is 8.94 Å². The van der Waals surface area contributed by atoms with E-state index in [1.165, 1.54) is 30.3 Å². The summed E-state index contributed by atoms with van der Waals surface area (Å²) in [5.41, 5.74) is -1.25. The first-order valence-corrected chi connectivity index (χ1v) is 8.89. The van der Waals surface area contributed by atoms with E-state index in [1.807, 2.05) is 0 Å². The lowest BCUT2D eigenvalue weighted by Gasteiger charge is -2.06. The van der Waals surface area contributed by atoms with Crippen molar-refractivity contribution in [3.8, 4) is 34.2 Å². The number of benzene rings is 2. The number of rotatable bonds is 3. The van der Waals surface area contributed by atoms with Gasteiger partial charge in [-0.3, -0.25) is 0 Å². The van der Waals surface area contributed by atoms with Crippen LogP contribution in [0.5, 0.6) is 0 Å². The standard InChI is InChI=1S/C20H9ClF6N2O2/c21-13-6-4-10(5-7-13)15-9-14(16(30-15)20(25,26)27)18-28-17(29-31-18)11-2-1-3-12(8-11)19(22,23)24/h1-9H. The van der Waals surface area contributed by atoms with E-state index in [9.17, 15) is 26.3 Å². The molecular formula is C20H9ClF6N2O2. The van der Waals surface area contributed by atoms with E-state index >= 15 is 0 Å². The van der Waals surface area contributed by atoms with Gasteiger partial charge in [-0.2, -0.15) is 31.3 Å². The number of nitrogens with zero attached hydrogens (tertiary/aromatic N) is 2. The van der Waals surface area contributed by atoms with Crippen LogP contribution in [0.3, 0.4) is 0 Å². The summed E-state index contributed by atoms with van der Waals surface area (Å²) in [6.45, 7) is 0. The van der Waals surface area contributed by atoms with Gasteiger partial charge >= 0.3 is 12.4 Å². The third kappa shape index (κ3) is 4.29. The molecule has 4 aromatic rings. The summed E-state index contributed by atoms with van der Waals surface area (Å²) in [5.74, 6) is -2.36. The highest BCUT2D eigenvalue weighted by atomic mass is 35.5. The minimum atomic E-state index is -4.88. The van der Waals surface area contributed by atoms with Gasteiger partial charge in [-0.1, -0.05) is 28.9 Å². The van der Waals surface area contributed by atoms with Gasteiger partial charge in [0.15, 0.2) is 0 Å². The van der Waals surface area contributed by atoms with Crippen molar-refractivity contribution >= 4 is 11.6 Å². The van der Waals surface area contributed by atoms with Gasteiger partial charge in [-0.05, 0) is 42.5 Å². The monoisotopic (exact) mass is 458 g/mol. The highest BCUT2D eigenvalue weighted by Crippen LogP contribution is 2.42. The molecule has 0 amide bonds. The van der Waals surface area contributed by atoms with Crippen LogP contribution in [0.25, 0.3) is 34.2 Å². The summed E-state index contributed by atoms with van der Waals surface area (Å²) in [4.78, 5) is 3.84. The van der Waals surface area contributed by atoms with Crippen molar-refractivity contribution in [2.45, 2.75) is 12.4 Å². The van der Waals surface area contributed by atoms with Crippen LogP contribution in [0.1, 0.15) is 11.3 Å². The first-order valence-electron chi connectivity index (χ1n) is 8.51. The Kier molecular flexibility index (Phi) is 5.04. The molecule has 0 aliphatic carbocycles. The maximum Gasteiger partial charge on any atom is 0.450 e. The summed E-state index contributed by atoms with van der Waals surface area (Å²) in [6, 6.07) is 11.0. The molecule has 0 radical (unpaired) electrons. The zero-order valence-corrected chi connectivity index (χ0v) is 15.8. The molecule has 4 nitrogen and oxygen atoms in total. The summed E-state index contributed by atoms with van der Waals surface area (Å²) in [6.07, 6.45) is -9.49. The van der Waals surface area contributed by atoms with Crippen LogP contribution in [-0.4, -0.2) is 10.1 Å². The van der Waals surface area contributed by atoms with Crippen LogP contribution >= 0.6 is 11.6 Å². The second kappa shape index (κ2) is 7.45. The highest BCUT2D eigenvalue weighted by Gasteiger charge is 2.40. The topological polar surface area (TPSA) is 52.1 Å². The molecule has 31 heavy (non-hydrogen) atoms. The van der Waals surface area contributed by atoms with Gasteiger partial charge in [-0.25, -0.2) is 0 Å². The molecule has 0 saturated heterocycles. The fourth-order valence-electron chi connectivity index (χ4n) is 2.80. The molecule has 2 heterocycles. The maximum absolute atomic E-state index is 13.5. The van der Waals surface area contributed by atoms with Crippen molar-refractivity contribution in [1.29, 1.82) is 0 Å². The minimum Gasteiger partial charge on any atom is -0.451 e. The lowest BCUT2D eigenvalue weighted by molar-refractivity contribution is -0.152. The van der Waals surface area contributed by atoms with E-state index in [-0.39, 0.29) is 17.1 Å². The van der Waals surface area contributed by atoms with Crippen LogP contribution < -0.4 is 0 Å². The van der Waals surface area contributed by atoms with E-state index < -0.39 is 35.1 Å². The largest absolute Gasteiger partial charge is 0.451 e. The zero-order valence-electron chi connectivity index (χ0n) is 15.1. The number of furan rings is 1. The van der Waals surface area contributed by atoms with Crippen molar-refractivity contribution in [1.82, 2.24) is 10.1 Å². The van der Waals surface area contributed by atoms with Gasteiger partial charge in [0.2, 0.25) is 11.6 Å². The molecule has 2 aromatic heterocycles. The Morgan fingerprint density at radius 1 is 0.806 bits per heavy atom. The minimum absolute atomic E-state index is 0.0696. The molecule has 2 aromatic carbocycles. The number of aromatic nitrogens is 2. The lowest BCUT2D eigenvalue weighted by Crippen LogP contribution is -2.05. The quantitative estimate of drug-likeness (QED) is 0.301. The van der Waals surface area contributed by atoms with E-state index in [2.05, 4.69) is 10.1 Å². The summed E-state index contributed by atoms with van der Waals surface area (Å²) < 4.78 is 89.2. The van der Waals surface area contributed by atoms with Crippen LogP contribution in [-0.2, 0) is 12.4 Å². The second-order valence-electron chi connectivity index (χ2n) is 6.36. The highest BCUT2D eigenvalue weighted by molar-refractivity contribution is 6.30. The van der Waals surface area contributed by atoms with Gasteiger partial charge in [0.05, 0.1) is 11.1 Å². The maximum atomic E-state index is 13.5. The lowest BCUT2D eigenvalue weighted by atomic mass is 10.1. The third-order valence-electron chi connectivity index (χ3n) is 4.22. The van der Waals surface area contributed by atoms with Crippen molar-refractivity contribution in [2.24, 2.45) is 0 Å². The smallest absolute Gasteiger partial charge is 0.450 e. The molecule has 0 aliphatic rings. The molecule has 0 fully saturated rings. The van der Waals surface area contributed by atoms with E-state index in [0.717, 1.165) is 24.3 Å². The Morgan fingerprint density at radius 3 is 2.16 bits per heavy atom. The van der Waals surface area contributed by atoms with Gasteiger partial charge in [-0.15, -0.1) is 0 Å². The van der Waals surface area contributed by atoms with E-state index in [4.69, 9.17) is 20.5 Å². The third-order valence-corrected chi connectivity index (χ3v) is 4.47. The Balaban J connectivity index is 1.77. The number of hydrogen-bond donors (Lipinski definition) is 0. The van der Waals surface area contributed by atoms with Crippen molar-refractivity contribution in [3.63, 3.8) is 0 Å². The van der Waals surface area contributed by atoms with E-state index in [0.29, 0.717) is 10.6 Å². The average molecular weight is 459 g/mol. The molecule has 0 unspecified atom stereocenters. The van der Waals surface area contributed by atoms with Crippen LogP contribution in [0.2, 0.25) is 5.02 Å². The molecule has 4 rings (SSSR count). The van der Waals surface area contributed by atoms with Gasteiger partial charge in [0.1, 0.15) is 5.76 Å². The van der Waals surface area contributed by atoms with Crippen molar-refractivity contribution in [2.75, 3.05) is 0 Å². The number of halogens is 7. The SMILES string of the molecule is FC(F)(F)c1cccc(-c2noc(-c3cc(-c4ccc(Cl)cc4)oc3C(F)(F)F)n2)c1. The molecule has 0 saturated carbocycles. The number of alkyl halides is 6. The van der Waals surface area contributed by atoms with Crippen LogP contribution in [0.15, 0.2) is 63.5 Å². The predicted octanol–water partition coefficient (Wildman–Crippen LogP) is 7.35. The molecule has 0 aliphatic heterocycles. The van der Waals surface area contributed by atoms with Crippen molar-refractivity contribution < 1.29 is 35.3 Å². The first-order chi connectivity index (χ1) is 14.5. The Labute approximate surface area is 175 Å². The van der Waals surface area contributed by atoms with E-state index in [1.54, 1.807) is 0 Å². The summed E-state index contributed by atoms with van der Waals surface area (Å²) in [7, 11) is 0. The van der Waals surface area contributed by atoms with Gasteiger partial charge in [0.25, 0.3) is 5.89 Å². The predicted molar refractivity (Wildman–Crippen MR) is 97.9 cm³/mol. The Morgan fingerprint density at radius 2 is 1.52 bits per heavy atom. The molecule has 0 N–H and O–H groups in total. The summed E-state index contributed by atoms with van der Waals surface area (Å²) >= 11 is 5.79. The normalized spacial score (nSPS) is 12.4. The summed E-state index contributed by atoms with van der Waals surface area (Å²) in [5, 5.41) is 3.91. The molecule has 11 heteroatoms. The molecule has 0 bridgehead atoms. The first kappa shape index (κ1) is 21.0. The van der Waals surface area contributed by atoms with Crippen molar-refractivity contribution in [3.05, 3.63) is 70.9 Å². The molecule has 160 valence electrons. The molecule has 0 atom stereocenters. The Hall–Kier alpha value is -3.27. The average Bonchev–Trinajstić information content (AvgIpc) is 3.35.